The molecule has 4 nitrogen and oxygen atoms in total. The number of thiocarbonyl (C=S) groups is 1. The van der Waals surface area contributed by atoms with Crippen LogP contribution in [-0.2, 0) is 0 Å². The van der Waals surface area contributed by atoms with Gasteiger partial charge < -0.3 is 11.1 Å². The van der Waals surface area contributed by atoms with Crippen molar-refractivity contribution < 1.29 is 4.79 Å². The van der Waals surface area contributed by atoms with Crippen LogP contribution in [0.3, 0.4) is 0 Å². The van der Waals surface area contributed by atoms with Crippen LogP contribution >= 0.6 is 23.6 Å². The van der Waals surface area contributed by atoms with E-state index < -0.39 is 0 Å². The van der Waals surface area contributed by atoms with E-state index in [1.807, 2.05) is 6.92 Å². The molecule has 0 saturated heterocycles. The van der Waals surface area contributed by atoms with Gasteiger partial charge in [0.1, 0.15) is 4.88 Å². The molecule has 1 unspecified atom stereocenters. The molecule has 0 radical (unpaired) electrons. The first-order chi connectivity index (χ1) is 9.09. The van der Waals surface area contributed by atoms with Gasteiger partial charge in [-0.2, -0.15) is 0 Å². The number of amides is 1. The molecular formula is C13H19N3OS2. The van der Waals surface area contributed by atoms with E-state index in [0.29, 0.717) is 15.8 Å². The van der Waals surface area contributed by atoms with Crippen LogP contribution in [-0.4, -0.2) is 21.9 Å². The molecule has 1 fully saturated rings. The van der Waals surface area contributed by atoms with Crippen molar-refractivity contribution >= 4 is 34.5 Å². The van der Waals surface area contributed by atoms with E-state index >= 15 is 0 Å². The average Bonchev–Trinajstić information content (AvgIpc) is 2.82. The summed E-state index contributed by atoms with van der Waals surface area (Å²) < 4.78 is 0. The molecule has 1 atom stereocenters. The quantitative estimate of drug-likeness (QED) is 0.838. The van der Waals surface area contributed by atoms with Crippen LogP contribution in [0.2, 0.25) is 0 Å². The van der Waals surface area contributed by atoms with Crippen LogP contribution in [0.5, 0.6) is 0 Å². The van der Waals surface area contributed by atoms with Gasteiger partial charge in [0.2, 0.25) is 0 Å². The van der Waals surface area contributed by atoms with Crippen molar-refractivity contribution in [2.75, 3.05) is 0 Å². The predicted octanol–water partition coefficient (Wildman–Crippen LogP) is 2.42. The number of nitrogens with zero attached hydrogens (tertiary/aromatic N) is 1. The fourth-order valence-corrected chi connectivity index (χ4v) is 3.57. The minimum Gasteiger partial charge on any atom is -0.392 e. The van der Waals surface area contributed by atoms with Gasteiger partial charge in [0.05, 0.1) is 22.2 Å². The fourth-order valence-electron chi connectivity index (χ4n) is 2.62. The van der Waals surface area contributed by atoms with Gasteiger partial charge in [-0.25, -0.2) is 4.98 Å². The summed E-state index contributed by atoms with van der Waals surface area (Å²) in [4.78, 5) is 17.4. The number of aryl methyl sites for hydroxylation is 1. The number of carbonyl (C=O) groups is 1. The third-order valence-corrected chi connectivity index (χ3v) is 4.85. The third-order valence-electron chi connectivity index (χ3n) is 3.67. The first-order valence-electron chi connectivity index (χ1n) is 6.60. The minimum atomic E-state index is -0.190. The minimum absolute atomic E-state index is 0.108. The number of rotatable bonds is 4. The second-order valence-corrected chi connectivity index (χ2v) is 6.34. The third kappa shape index (κ3) is 3.51. The second kappa shape index (κ2) is 6.43. The summed E-state index contributed by atoms with van der Waals surface area (Å²) in [6.07, 6.45) is 5.83. The SMILES string of the molecule is Cc1ncsc1C(=O)NC(C(N)=S)C1CCCCC1. The Morgan fingerprint density at radius 1 is 1.53 bits per heavy atom. The molecule has 3 N–H and O–H groups in total. The maximum atomic E-state index is 12.2. The molecule has 19 heavy (non-hydrogen) atoms. The van der Waals surface area contributed by atoms with Gasteiger partial charge in [0.25, 0.3) is 5.91 Å². The number of aromatic nitrogens is 1. The van der Waals surface area contributed by atoms with Crippen LogP contribution in [0.1, 0.15) is 47.5 Å². The van der Waals surface area contributed by atoms with Gasteiger partial charge in [0, 0.05) is 0 Å². The maximum Gasteiger partial charge on any atom is 0.263 e. The zero-order chi connectivity index (χ0) is 13.8. The molecule has 1 aliphatic rings. The first-order valence-corrected chi connectivity index (χ1v) is 7.88. The Balaban J connectivity index is 2.06. The van der Waals surface area contributed by atoms with Crippen LogP contribution < -0.4 is 11.1 Å². The Morgan fingerprint density at radius 3 is 2.74 bits per heavy atom. The van der Waals surface area contributed by atoms with E-state index in [-0.39, 0.29) is 11.9 Å². The van der Waals surface area contributed by atoms with Gasteiger partial charge in [-0.05, 0) is 25.7 Å². The lowest BCUT2D eigenvalue weighted by molar-refractivity contribution is 0.0935. The Hall–Kier alpha value is -1.01. The molecule has 1 aromatic heterocycles. The predicted molar refractivity (Wildman–Crippen MR) is 81.5 cm³/mol. The maximum absolute atomic E-state index is 12.2. The Kier molecular flexibility index (Phi) is 4.87. The monoisotopic (exact) mass is 297 g/mol. The lowest BCUT2D eigenvalue weighted by Gasteiger charge is -2.30. The lowest BCUT2D eigenvalue weighted by Crippen LogP contribution is -2.48. The van der Waals surface area contributed by atoms with Crippen LogP contribution in [0.4, 0.5) is 0 Å². The standard InChI is InChI=1S/C13H19N3OS2/c1-8-11(19-7-15-8)13(17)16-10(12(14)18)9-5-3-2-4-6-9/h7,9-10H,2-6H2,1H3,(H2,14,18)(H,16,17). The molecule has 0 bridgehead atoms. The van der Waals surface area contributed by atoms with Crippen molar-refractivity contribution in [1.29, 1.82) is 0 Å². The van der Waals surface area contributed by atoms with Gasteiger partial charge >= 0.3 is 0 Å². The molecule has 0 aromatic carbocycles. The Labute approximate surface area is 122 Å². The van der Waals surface area contributed by atoms with Crippen molar-refractivity contribution in [1.82, 2.24) is 10.3 Å². The van der Waals surface area contributed by atoms with Crippen molar-refractivity contribution in [2.24, 2.45) is 11.7 Å². The number of hydrogen-bond donors (Lipinski definition) is 2. The molecule has 1 aliphatic carbocycles. The lowest BCUT2D eigenvalue weighted by atomic mass is 9.84. The molecule has 1 saturated carbocycles. The first kappa shape index (κ1) is 14.4. The molecule has 6 heteroatoms. The summed E-state index contributed by atoms with van der Waals surface area (Å²) in [5.74, 6) is 0.270. The molecule has 1 aromatic rings. The highest BCUT2D eigenvalue weighted by Crippen LogP contribution is 2.27. The normalized spacial score (nSPS) is 17.9. The molecule has 1 amide bonds. The van der Waals surface area contributed by atoms with Crippen LogP contribution in [0.25, 0.3) is 0 Å². The van der Waals surface area contributed by atoms with E-state index in [1.54, 1.807) is 5.51 Å². The summed E-state index contributed by atoms with van der Waals surface area (Å²) in [7, 11) is 0. The Morgan fingerprint density at radius 2 is 2.21 bits per heavy atom. The van der Waals surface area contributed by atoms with Gasteiger partial charge in [-0.15, -0.1) is 11.3 Å². The molecular weight excluding hydrogens is 278 g/mol. The van der Waals surface area contributed by atoms with E-state index in [4.69, 9.17) is 18.0 Å². The largest absolute Gasteiger partial charge is 0.392 e. The van der Waals surface area contributed by atoms with Crippen molar-refractivity contribution in [2.45, 2.75) is 45.1 Å². The highest BCUT2D eigenvalue weighted by atomic mass is 32.1. The molecule has 104 valence electrons. The second-order valence-electron chi connectivity index (χ2n) is 5.02. The smallest absolute Gasteiger partial charge is 0.263 e. The van der Waals surface area contributed by atoms with Crippen molar-refractivity contribution in [3.05, 3.63) is 16.1 Å². The van der Waals surface area contributed by atoms with Gasteiger partial charge in [0.15, 0.2) is 0 Å². The number of carbonyl (C=O) groups excluding carboxylic acids is 1. The summed E-state index contributed by atoms with van der Waals surface area (Å²) >= 11 is 6.48. The fraction of sp³-hybridized carbons (Fsp3) is 0.615. The molecule has 0 aliphatic heterocycles. The number of thiazole rings is 1. The highest BCUT2D eigenvalue weighted by Gasteiger charge is 2.28. The zero-order valence-corrected chi connectivity index (χ0v) is 12.6. The summed E-state index contributed by atoms with van der Waals surface area (Å²) in [6.45, 7) is 1.84. The number of nitrogens with one attached hydrogen (secondary N) is 1. The summed E-state index contributed by atoms with van der Waals surface area (Å²) in [5, 5.41) is 2.99. The zero-order valence-electron chi connectivity index (χ0n) is 11.0. The number of nitrogens with two attached hydrogens (primary N) is 1. The van der Waals surface area contributed by atoms with Crippen molar-refractivity contribution in [3.8, 4) is 0 Å². The summed E-state index contributed by atoms with van der Waals surface area (Å²) in [5.41, 5.74) is 8.25. The van der Waals surface area contributed by atoms with E-state index in [2.05, 4.69) is 10.3 Å². The molecule has 1 heterocycles. The topological polar surface area (TPSA) is 68.0 Å². The van der Waals surface area contributed by atoms with Gasteiger partial charge in [-0.1, -0.05) is 31.5 Å². The molecule has 0 spiro atoms. The van der Waals surface area contributed by atoms with Gasteiger partial charge in [-0.3, -0.25) is 4.79 Å². The van der Waals surface area contributed by atoms with E-state index in [0.717, 1.165) is 18.5 Å². The van der Waals surface area contributed by atoms with Crippen LogP contribution in [0, 0.1) is 12.8 Å². The van der Waals surface area contributed by atoms with E-state index in [1.165, 1.54) is 30.6 Å². The summed E-state index contributed by atoms with van der Waals surface area (Å²) in [6, 6.07) is -0.190. The average molecular weight is 297 g/mol. The van der Waals surface area contributed by atoms with E-state index in [9.17, 15) is 4.79 Å². The molecule has 2 rings (SSSR count). The highest BCUT2D eigenvalue weighted by molar-refractivity contribution is 7.80. The number of hydrogen-bond acceptors (Lipinski definition) is 4. The van der Waals surface area contributed by atoms with Crippen LogP contribution in [0.15, 0.2) is 5.51 Å². The Bertz CT molecular complexity index is 466. The van der Waals surface area contributed by atoms with Crippen molar-refractivity contribution in [3.63, 3.8) is 0 Å².